The smallest absolute Gasteiger partial charge is 0.0528 e. The summed E-state index contributed by atoms with van der Waals surface area (Å²) in [4.78, 5) is 26.2. The standard InChI is InChI=1S/6C14H13N.6C2H6/c1-9-3-4-13-12-5-6-15-8-11(12)7-14(13)10(9)2;1-9-3-4-11-7-12-8-15-6-5-13(12)14(11)10(9)2;1-9-5-6-11-12-4-3-7-15-14(12)8-13(11)10(9)2;1-9-5-6-11-8-13-12(4-3-7-15-13)14(11)10(9)2;1-9-10(2)15-8-12-7-11-5-3-4-6-13(11)14(9)12;1-9-8-15-13-7-11-5-3-4-6-12(11)14(13)10(9)2;6*1-2/h2*3-6,8H,7H2,1-2H3;2*3-7H,8H2,1-2H3;2*3-6,8H,7H2,1-2H3;6*1-2H3. The maximum atomic E-state index is 4.53. The number of nitrogens with zero attached hydrogens (tertiary/aromatic N) is 6. The summed E-state index contributed by atoms with van der Waals surface area (Å²) in [5.74, 6) is 0. The van der Waals surface area contributed by atoms with Crippen LogP contribution in [0.15, 0.2) is 183 Å². The molecule has 0 unspecified atom stereocenters. The van der Waals surface area contributed by atoms with Crippen molar-refractivity contribution >= 4 is 0 Å². The zero-order valence-corrected chi connectivity index (χ0v) is 66.2. The maximum Gasteiger partial charge on any atom is 0.0528 e. The van der Waals surface area contributed by atoms with Crippen LogP contribution in [0.1, 0.15) is 217 Å². The molecule has 18 rings (SSSR count). The van der Waals surface area contributed by atoms with E-state index < -0.39 is 0 Å². The zero-order chi connectivity index (χ0) is 74.5. The molecular weight excluding hydrogens is 1240 g/mol. The molecule has 6 aliphatic rings. The molecule has 6 aliphatic carbocycles. The Balaban J connectivity index is 0.000000166. The van der Waals surface area contributed by atoms with Crippen LogP contribution in [0.5, 0.6) is 0 Å². The summed E-state index contributed by atoms with van der Waals surface area (Å²) < 4.78 is 0. The number of aryl methyl sites for hydroxylation is 6. The summed E-state index contributed by atoms with van der Waals surface area (Å²) in [6.07, 6.45) is 21.6. The monoisotopic (exact) mass is 1350 g/mol. The highest BCUT2D eigenvalue weighted by Crippen LogP contribution is 2.44. The second kappa shape index (κ2) is 37.8. The number of rotatable bonds is 0. The second-order valence-electron chi connectivity index (χ2n) is 25.3. The van der Waals surface area contributed by atoms with E-state index >= 15 is 0 Å². The van der Waals surface area contributed by atoms with Gasteiger partial charge in [0.15, 0.2) is 0 Å². The third-order valence-electron chi connectivity index (χ3n) is 20.2. The van der Waals surface area contributed by atoms with Crippen LogP contribution in [0.4, 0.5) is 0 Å². The quantitative estimate of drug-likeness (QED) is 0.151. The summed E-state index contributed by atoms with van der Waals surface area (Å²) in [5.41, 5.74) is 49.3. The Morgan fingerprint density at radius 2 is 0.618 bits per heavy atom. The Bertz CT molecular complexity index is 4310. The first-order chi connectivity index (χ1) is 49.6. The first-order valence-electron chi connectivity index (χ1n) is 37.8. The Hall–Kier alpha value is -9.78. The summed E-state index contributed by atoms with van der Waals surface area (Å²) in [6, 6.07) is 47.7. The van der Waals surface area contributed by atoms with Gasteiger partial charge < -0.3 is 0 Å². The van der Waals surface area contributed by atoms with Gasteiger partial charge in [-0.3, -0.25) is 29.9 Å². The zero-order valence-electron chi connectivity index (χ0n) is 66.2. The fourth-order valence-electron chi connectivity index (χ4n) is 14.2. The highest BCUT2D eigenvalue weighted by Gasteiger charge is 2.26. The number of hydrogen-bond acceptors (Lipinski definition) is 6. The number of aromatic nitrogens is 6. The molecule has 0 amide bonds. The molecule has 0 saturated heterocycles. The van der Waals surface area contributed by atoms with E-state index in [2.05, 4.69) is 234 Å². The lowest BCUT2D eigenvalue weighted by Gasteiger charge is -2.08. The van der Waals surface area contributed by atoms with Crippen molar-refractivity contribution in [2.24, 2.45) is 0 Å². The van der Waals surface area contributed by atoms with Gasteiger partial charge in [-0.25, -0.2) is 0 Å². The molecule has 6 aromatic heterocycles. The van der Waals surface area contributed by atoms with Crippen molar-refractivity contribution in [2.75, 3.05) is 0 Å². The predicted octanol–water partition coefficient (Wildman–Crippen LogP) is 25.8. The van der Waals surface area contributed by atoms with Gasteiger partial charge in [0.2, 0.25) is 0 Å². The van der Waals surface area contributed by atoms with Crippen molar-refractivity contribution in [3.63, 3.8) is 0 Å². The normalized spacial score (nSPS) is 11.3. The minimum absolute atomic E-state index is 0.993. The van der Waals surface area contributed by atoms with E-state index in [0.29, 0.717) is 0 Å². The summed E-state index contributed by atoms with van der Waals surface area (Å²) >= 11 is 0. The molecule has 0 radical (unpaired) electrons. The lowest BCUT2D eigenvalue weighted by molar-refractivity contribution is 1.09. The maximum absolute atomic E-state index is 4.53. The van der Waals surface area contributed by atoms with Gasteiger partial charge in [-0.1, -0.05) is 192 Å². The Morgan fingerprint density at radius 1 is 0.216 bits per heavy atom. The van der Waals surface area contributed by atoms with Crippen LogP contribution in [-0.2, 0) is 38.5 Å². The molecule has 0 atom stereocenters. The van der Waals surface area contributed by atoms with Gasteiger partial charge in [-0.2, -0.15) is 0 Å². The van der Waals surface area contributed by atoms with Crippen LogP contribution in [0, 0.1) is 83.1 Å². The highest BCUT2D eigenvalue weighted by atomic mass is 14.7. The Labute approximate surface area is 614 Å². The van der Waals surface area contributed by atoms with E-state index in [1.807, 2.05) is 145 Å². The summed E-state index contributed by atoms with van der Waals surface area (Å²) in [6.45, 7) is 50.1. The van der Waals surface area contributed by atoms with Gasteiger partial charge in [-0.15, -0.1) is 0 Å². The van der Waals surface area contributed by atoms with E-state index in [0.717, 1.165) is 44.2 Å². The van der Waals surface area contributed by atoms with Gasteiger partial charge in [0.25, 0.3) is 0 Å². The molecule has 0 saturated carbocycles. The first-order valence-corrected chi connectivity index (χ1v) is 37.8. The van der Waals surface area contributed by atoms with Crippen LogP contribution < -0.4 is 0 Å². The van der Waals surface area contributed by atoms with Crippen molar-refractivity contribution in [3.05, 3.63) is 317 Å². The van der Waals surface area contributed by atoms with Crippen LogP contribution in [0.2, 0.25) is 0 Å². The molecule has 12 aromatic rings. The van der Waals surface area contributed by atoms with Crippen molar-refractivity contribution < 1.29 is 0 Å². The lowest BCUT2D eigenvalue weighted by Crippen LogP contribution is -1.92. The van der Waals surface area contributed by atoms with E-state index in [-0.39, 0.29) is 0 Å². The topological polar surface area (TPSA) is 77.3 Å². The van der Waals surface area contributed by atoms with Gasteiger partial charge in [0.1, 0.15) is 0 Å². The molecule has 0 fully saturated rings. The number of benzene rings is 6. The van der Waals surface area contributed by atoms with Crippen LogP contribution in [-0.4, -0.2) is 29.9 Å². The molecule has 528 valence electrons. The molecule has 102 heavy (non-hydrogen) atoms. The first kappa shape index (κ1) is 79.5. The van der Waals surface area contributed by atoms with Crippen molar-refractivity contribution in [2.45, 2.75) is 205 Å². The molecule has 6 aromatic carbocycles. The third-order valence-corrected chi connectivity index (χ3v) is 20.2. The SMILES string of the molecule is CC.CC.CC.CC.CC.CC.Cc1ccc2c(c1C)-c1cccnc1C2.Cc1ccc2c(c1C)-c1ccncc1C2.Cc1ccc2c(c1C)Cc1cnccc1-2.Cc1ccc2c(c1C)Cc1ncccc1-2.Cc1cnc2c(c1C)-c1ccccc1C2.Cc1ncc2c(c1C)-c1ccccc1C2. The molecule has 0 N–H and O–H groups in total. The second-order valence-corrected chi connectivity index (χ2v) is 25.3. The highest BCUT2D eigenvalue weighted by molar-refractivity contribution is 5.83. The van der Waals surface area contributed by atoms with Crippen molar-refractivity contribution in [1.29, 1.82) is 0 Å². The minimum Gasteiger partial charge on any atom is -0.264 e. The van der Waals surface area contributed by atoms with Crippen LogP contribution in [0.3, 0.4) is 0 Å². The molecule has 6 heterocycles. The average molecular weight is 1350 g/mol. The molecule has 6 heteroatoms. The number of fused-ring (bicyclic) bond motifs is 18. The molecule has 0 spiro atoms. The van der Waals surface area contributed by atoms with E-state index in [4.69, 9.17) is 0 Å². The molecular formula is C96H114N6. The minimum atomic E-state index is 0.993. The fourth-order valence-corrected chi connectivity index (χ4v) is 14.2. The van der Waals surface area contributed by atoms with Gasteiger partial charge in [-0.05, 0) is 269 Å². The van der Waals surface area contributed by atoms with Gasteiger partial charge in [0.05, 0.1) is 17.1 Å². The largest absolute Gasteiger partial charge is 0.264 e. The van der Waals surface area contributed by atoms with Gasteiger partial charge >= 0.3 is 0 Å². The van der Waals surface area contributed by atoms with E-state index in [9.17, 15) is 0 Å². The van der Waals surface area contributed by atoms with E-state index in [1.54, 1.807) is 0 Å². The molecule has 0 bridgehead atoms. The number of pyridine rings is 6. The fraction of sp³-hybridized carbons (Fsp3) is 0.312. The Morgan fingerprint density at radius 3 is 1.21 bits per heavy atom. The Kier molecular flexibility index (Phi) is 29.4. The summed E-state index contributed by atoms with van der Waals surface area (Å²) in [5, 5.41) is 0. The molecule has 6 nitrogen and oxygen atoms in total. The molecule has 0 aliphatic heterocycles. The van der Waals surface area contributed by atoms with Crippen molar-refractivity contribution in [1.82, 2.24) is 29.9 Å². The number of hydrogen-bond donors (Lipinski definition) is 0. The van der Waals surface area contributed by atoms with E-state index in [1.165, 1.54) is 195 Å². The van der Waals surface area contributed by atoms with Crippen LogP contribution >= 0.6 is 0 Å². The summed E-state index contributed by atoms with van der Waals surface area (Å²) in [7, 11) is 0. The third kappa shape index (κ3) is 16.9. The van der Waals surface area contributed by atoms with Crippen LogP contribution in [0.25, 0.3) is 66.8 Å². The lowest BCUT2D eigenvalue weighted by atomic mass is 9.97. The average Bonchev–Trinajstić information content (AvgIpc) is 1.70. The predicted molar refractivity (Wildman–Crippen MR) is 440 cm³/mol. The van der Waals surface area contributed by atoms with Crippen molar-refractivity contribution in [3.8, 4) is 66.8 Å². The van der Waals surface area contributed by atoms with Gasteiger partial charge in [0, 0.05) is 110 Å².